The van der Waals surface area contributed by atoms with Crippen LogP contribution in [-0.2, 0) is 24.2 Å². The van der Waals surface area contributed by atoms with E-state index in [1.54, 1.807) is 13.0 Å². The van der Waals surface area contributed by atoms with Crippen molar-refractivity contribution in [3.8, 4) is 0 Å². The van der Waals surface area contributed by atoms with Crippen LogP contribution in [0.2, 0.25) is 0 Å². The minimum atomic E-state index is -2.62. The van der Waals surface area contributed by atoms with Gasteiger partial charge in [-0.1, -0.05) is 0 Å². The van der Waals surface area contributed by atoms with Crippen molar-refractivity contribution in [1.29, 1.82) is 0 Å². The van der Waals surface area contributed by atoms with Gasteiger partial charge in [0.25, 0.3) is 6.43 Å². The number of aromatic nitrogens is 2. The molecule has 3 aliphatic rings. The molecule has 8 heteroatoms. The van der Waals surface area contributed by atoms with E-state index >= 15 is 0 Å². The van der Waals surface area contributed by atoms with Crippen LogP contribution in [0.1, 0.15) is 61.0 Å². The van der Waals surface area contributed by atoms with Gasteiger partial charge >= 0.3 is 0 Å². The number of anilines is 3. The largest absolute Gasteiger partial charge is 0.398 e. The summed E-state index contributed by atoms with van der Waals surface area (Å²) in [6.07, 6.45) is 2.12. The Morgan fingerprint density at radius 1 is 1.24 bits per heavy atom. The number of aryl methyl sites for hydroxylation is 1. The molecule has 0 atom stereocenters. The Labute approximate surface area is 168 Å². The van der Waals surface area contributed by atoms with Crippen molar-refractivity contribution in [2.24, 2.45) is 0 Å². The van der Waals surface area contributed by atoms with Crippen molar-refractivity contribution in [2.45, 2.75) is 58.0 Å². The number of carbonyl (C=O) groups is 1. The molecule has 0 bridgehead atoms. The second-order valence-electron chi connectivity index (χ2n) is 8.28. The maximum absolute atomic E-state index is 13.5. The lowest BCUT2D eigenvalue weighted by molar-refractivity contribution is -0.129. The highest BCUT2D eigenvalue weighted by Gasteiger charge is 2.35. The van der Waals surface area contributed by atoms with Gasteiger partial charge in [-0.15, -0.1) is 0 Å². The lowest BCUT2D eigenvalue weighted by Crippen LogP contribution is -2.35. The van der Waals surface area contributed by atoms with Gasteiger partial charge in [0.05, 0.1) is 12.6 Å². The molecule has 1 saturated carbocycles. The van der Waals surface area contributed by atoms with E-state index in [4.69, 9.17) is 10.8 Å². The smallest absolute Gasteiger partial charge is 0.265 e. The number of fused-ring (bicyclic) bond motifs is 2. The maximum Gasteiger partial charge on any atom is 0.265 e. The number of alkyl halides is 2. The van der Waals surface area contributed by atoms with E-state index in [2.05, 4.69) is 9.58 Å². The lowest BCUT2D eigenvalue weighted by Gasteiger charge is -2.33. The molecule has 3 heterocycles. The van der Waals surface area contributed by atoms with Crippen molar-refractivity contribution in [1.82, 2.24) is 14.7 Å². The van der Waals surface area contributed by atoms with Crippen molar-refractivity contribution in [3.05, 3.63) is 34.5 Å². The molecule has 6 nitrogen and oxygen atoms in total. The molecular formula is C21H25F2N5O. The Hall–Kier alpha value is -2.64. The van der Waals surface area contributed by atoms with Crippen LogP contribution < -0.4 is 10.6 Å². The van der Waals surface area contributed by atoms with Gasteiger partial charge in [-0.3, -0.25) is 9.48 Å². The zero-order valence-corrected chi connectivity index (χ0v) is 16.5. The van der Waals surface area contributed by atoms with E-state index in [1.165, 1.54) is 11.8 Å². The average molecular weight is 401 g/mol. The van der Waals surface area contributed by atoms with Gasteiger partial charge in [0.15, 0.2) is 5.82 Å². The topological polar surface area (TPSA) is 67.4 Å². The van der Waals surface area contributed by atoms with Crippen molar-refractivity contribution < 1.29 is 13.6 Å². The first-order chi connectivity index (χ1) is 13.9. The zero-order valence-electron chi connectivity index (χ0n) is 16.5. The predicted octanol–water partition coefficient (Wildman–Crippen LogP) is 3.73. The number of nitrogen functional groups attached to an aromatic ring is 1. The zero-order chi connectivity index (χ0) is 20.3. The van der Waals surface area contributed by atoms with Gasteiger partial charge in [0.1, 0.15) is 0 Å². The van der Waals surface area contributed by atoms with Gasteiger partial charge in [-0.25, -0.2) is 8.78 Å². The third-order valence-electron chi connectivity index (χ3n) is 6.30. The highest BCUT2D eigenvalue weighted by Crippen LogP contribution is 2.44. The van der Waals surface area contributed by atoms with Gasteiger partial charge in [0.2, 0.25) is 5.91 Å². The summed E-state index contributed by atoms with van der Waals surface area (Å²) < 4.78 is 29.1. The molecular weight excluding hydrogens is 376 g/mol. The molecule has 0 spiro atoms. The van der Waals surface area contributed by atoms with Crippen molar-refractivity contribution in [3.63, 3.8) is 0 Å². The quantitative estimate of drug-likeness (QED) is 0.796. The molecule has 1 aromatic carbocycles. The van der Waals surface area contributed by atoms with E-state index in [0.29, 0.717) is 25.7 Å². The van der Waals surface area contributed by atoms with Crippen molar-refractivity contribution >= 4 is 23.1 Å². The second-order valence-corrected chi connectivity index (χ2v) is 8.28. The number of hydrogen-bond donors (Lipinski definition) is 1. The number of amides is 1. The van der Waals surface area contributed by atoms with E-state index < -0.39 is 6.43 Å². The first kappa shape index (κ1) is 18.4. The molecule has 2 aromatic rings. The molecule has 2 N–H and O–H groups in total. The number of nitrogens with two attached hydrogens (primary N) is 1. The van der Waals surface area contributed by atoms with Crippen LogP contribution in [-0.4, -0.2) is 33.7 Å². The highest BCUT2D eigenvalue weighted by atomic mass is 19.3. The average Bonchev–Trinajstić information content (AvgIpc) is 3.47. The summed E-state index contributed by atoms with van der Waals surface area (Å²) in [6.45, 7) is 3.52. The minimum Gasteiger partial charge on any atom is -0.398 e. The van der Waals surface area contributed by atoms with Gasteiger partial charge < -0.3 is 15.5 Å². The van der Waals surface area contributed by atoms with Crippen molar-refractivity contribution in [2.75, 3.05) is 23.7 Å². The van der Waals surface area contributed by atoms with Crippen LogP contribution in [0.15, 0.2) is 12.1 Å². The van der Waals surface area contributed by atoms with Gasteiger partial charge in [-0.2, -0.15) is 5.10 Å². The number of benzene rings is 1. The fourth-order valence-electron chi connectivity index (χ4n) is 4.61. The molecule has 154 valence electrons. The molecule has 2 aliphatic heterocycles. The third-order valence-corrected chi connectivity index (χ3v) is 6.30. The molecule has 0 radical (unpaired) electrons. The molecule has 1 amide bonds. The number of nitrogens with zero attached hydrogens (tertiary/aromatic N) is 4. The fraction of sp³-hybridized carbons (Fsp3) is 0.524. The molecule has 0 unspecified atom stereocenters. The maximum atomic E-state index is 13.5. The Morgan fingerprint density at radius 3 is 2.72 bits per heavy atom. The summed E-state index contributed by atoms with van der Waals surface area (Å²) in [5.74, 6) is 0.858. The van der Waals surface area contributed by atoms with Crippen LogP contribution >= 0.6 is 0 Å². The molecule has 5 rings (SSSR count). The standard InChI is InChI=1S/C21H25F2N5O/c1-12(29)26-8-6-18-16(11-26)21(25-28(18)14-4-5-14)27-7-2-3-13-9-17(24)15(20(22)23)10-19(13)27/h9-10,14,20H,2-8,11,24H2,1H3. The first-order valence-electron chi connectivity index (χ1n) is 10.3. The van der Waals surface area contributed by atoms with E-state index in [-0.39, 0.29) is 17.2 Å². The monoisotopic (exact) mass is 401 g/mol. The van der Waals surface area contributed by atoms with E-state index in [1.807, 2.05) is 4.90 Å². The predicted molar refractivity (Wildman–Crippen MR) is 106 cm³/mol. The summed E-state index contributed by atoms with van der Waals surface area (Å²) in [5.41, 5.74) is 9.90. The lowest BCUT2D eigenvalue weighted by atomic mass is 9.97. The van der Waals surface area contributed by atoms with E-state index in [0.717, 1.165) is 54.7 Å². The highest BCUT2D eigenvalue weighted by molar-refractivity contribution is 5.76. The molecule has 0 saturated heterocycles. The third kappa shape index (κ3) is 3.05. The summed E-state index contributed by atoms with van der Waals surface area (Å²) in [6, 6.07) is 3.64. The van der Waals surface area contributed by atoms with Crippen LogP contribution in [0, 0.1) is 0 Å². The summed E-state index contributed by atoms with van der Waals surface area (Å²) >= 11 is 0. The molecule has 29 heavy (non-hydrogen) atoms. The van der Waals surface area contributed by atoms with Crippen LogP contribution in [0.25, 0.3) is 0 Å². The fourth-order valence-corrected chi connectivity index (χ4v) is 4.61. The summed E-state index contributed by atoms with van der Waals surface area (Å²) in [7, 11) is 0. The Bertz CT molecular complexity index is 982. The summed E-state index contributed by atoms with van der Waals surface area (Å²) in [5, 5.41) is 4.95. The normalized spacial score (nSPS) is 18.8. The van der Waals surface area contributed by atoms with Crippen LogP contribution in [0.5, 0.6) is 0 Å². The number of halogens is 2. The Balaban J connectivity index is 1.62. The van der Waals surface area contributed by atoms with Crippen LogP contribution in [0.3, 0.4) is 0 Å². The number of carbonyl (C=O) groups excluding carboxylic acids is 1. The first-order valence-corrected chi connectivity index (χ1v) is 10.3. The summed E-state index contributed by atoms with van der Waals surface area (Å²) in [4.78, 5) is 15.9. The molecule has 1 aliphatic carbocycles. The molecule has 1 fully saturated rings. The Morgan fingerprint density at radius 2 is 2.03 bits per heavy atom. The SMILES string of the molecule is CC(=O)N1CCc2c(c(N3CCCc4cc(N)c(C(F)F)cc43)nn2C2CC2)C1. The van der Waals surface area contributed by atoms with Crippen LogP contribution in [0.4, 0.5) is 26.0 Å². The van der Waals surface area contributed by atoms with E-state index in [9.17, 15) is 13.6 Å². The minimum absolute atomic E-state index is 0.0487. The second kappa shape index (κ2) is 6.71. The number of rotatable bonds is 3. The van der Waals surface area contributed by atoms with Gasteiger partial charge in [-0.05, 0) is 43.4 Å². The molecule has 1 aromatic heterocycles. The Kier molecular flexibility index (Phi) is 4.26. The van der Waals surface area contributed by atoms with Gasteiger partial charge in [0, 0.05) is 54.6 Å². The number of hydrogen-bond acceptors (Lipinski definition) is 4.